The second-order valence-electron chi connectivity index (χ2n) is 5.01. The standard InChI is InChI=1S/C14H17F2NOS/c1-11-2-4-13(5-3-11)19(18)17-10-12-6-8-14(15,16)9-7-12/h2-5,10,12H,6-9H2,1H3/b17-10+. The molecule has 0 aromatic heterocycles. The molecular weight excluding hydrogens is 268 g/mol. The van der Waals surface area contributed by atoms with Crippen molar-refractivity contribution in [1.82, 2.24) is 0 Å². The zero-order valence-corrected chi connectivity index (χ0v) is 11.6. The second-order valence-corrected chi connectivity index (χ2v) is 6.19. The zero-order valence-electron chi connectivity index (χ0n) is 10.8. The lowest BCUT2D eigenvalue weighted by Crippen LogP contribution is -2.25. The van der Waals surface area contributed by atoms with Gasteiger partial charge >= 0.3 is 0 Å². The summed E-state index contributed by atoms with van der Waals surface area (Å²) in [6, 6.07) is 7.31. The average Bonchev–Trinajstić information content (AvgIpc) is 2.38. The van der Waals surface area contributed by atoms with Crippen LogP contribution in [0.25, 0.3) is 0 Å². The maximum absolute atomic E-state index is 13.0. The molecule has 0 radical (unpaired) electrons. The highest BCUT2D eigenvalue weighted by atomic mass is 32.2. The highest BCUT2D eigenvalue weighted by Crippen LogP contribution is 2.35. The molecule has 1 aliphatic rings. The molecule has 5 heteroatoms. The number of benzene rings is 1. The number of halogens is 2. The lowest BCUT2D eigenvalue weighted by atomic mass is 9.88. The highest BCUT2D eigenvalue weighted by Gasteiger charge is 2.34. The van der Waals surface area contributed by atoms with Crippen LogP contribution in [0.2, 0.25) is 0 Å². The molecule has 2 rings (SSSR count). The van der Waals surface area contributed by atoms with Crippen LogP contribution in [0.1, 0.15) is 31.2 Å². The van der Waals surface area contributed by atoms with E-state index in [0.29, 0.717) is 17.7 Å². The van der Waals surface area contributed by atoms with E-state index in [1.807, 2.05) is 19.1 Å². The fourth-order valence-electron chi connectivity index (χ4n) is 2.07. The predicted molar refractivity (Wildman–Crippen MR) is 73.0 cm³/mol. The van der Waals surface area contributed by atoms with Gasteiger partial charge in [0.05, 0.1) is 6.21 Å². The first kappa shape index (κ1) is 14.5. The molecule has 1 aromatic carbocycles. The number of hydrogen-bond donors (Lipinski definition) is 0. The number of nitrogens with zero attached hydrogens (tertiary/aromatic N) is 1. The lowest BCUT2D eigenvalue weighted by molar-refractivity contribution is -0.0390. The van der Waals surface area contributed by atoms with E-state index in [9.17, 15) is 13.3 Å². The molecule has 19 heavy (non-hydrogen) atoms. The third-order valence-electron chi connectivity index (χ3n) is 3.35. The third-order valence-corrected chi connectivity index (χ3v) is 4.34. The van der Waals surface area contributed by atoms with Crippen LogP contribution < -0.4 is 0 Å². The van der Waals surface area contributed by atoms with Gasteiger partial charge in [-0.1, -0.05) is 22.1 Å². The average molecular weight is 285 g/mol. The molecule has 1 fully saturated rings. The van der Waals surface area contributed by atoms with E-state index in [2.05, 4.69) is 4.40 Å². The number of hydrogen-bond acceptors (Lipinski definition) is 2. The quantitative estimate of drug-likeness (QED) is 0.612. The van der Waals surface area contributed by atoms with E-state index in [1.54, 1.807) is 18.3 Å². The van der Waals surface area contributed by atoms with Crippen LogP contribution in [0.4, 0.5) is 8.78 Å². The van der Waals surface area contributed by atoms with E-state index in [1.165, 1.54) is 0 Å². The summed E-state index contributed by atoms with van der Waals surface area (Å²) in [6.07, 6.45) is 2.23. The summed E-state index contributed by atoms with van der Waals surface area (Å²) in [5.41, 5.74) is 1.10. The number of aryl methyl sites for hydroxylation is 1. The molecule has 0 spiro atoms. The van der Waals surface area contributed by atoms with Crippen LogP contribution in [-0.2, 0) is 11.4 Å². The molecule has 0 bridgehead atoms. The van der Waals surface area contributed by atoms with Crippen LogP contribution in [0, 0.1) is 12.8 Å². The molecule has 0 amide bonds. The molecule has 1 aromatic rings. The summed E-state index contributed by atoms with van der Waals surface area (Å²) in [6.45, 7) is 1.96. The van der Waals surface area contributed by atoms with Crippen molar-refractivity contribution in [3.63, 3.8) is 0 Å². The predicted octanol–water partition coefficient (Wildman–Crippen LogP) is 3.91. The van der Waals surface area contributed by atoms with Gasteiger partial charge in [0.2, 0.25) is 5.92 Å². The van der Waals surface area contributed by atoms with Gasteiger partial charge in [0, 0.05) is 12.8 Å². The molecule has 0 heterocycles. The van der Waals surface area contributed by atoms with Crippen LogP contribution in [0.5, 0.6) is 0 Å². The minimum absolute atomic E-state index is 0.0222. The van der Waals surface area contributed by atoms with Gasteiger partial charge in [0.15, 0.2) is 4.90 Å². The molecule has 1 aliphatic carbocycles. The zero-order chi connectivity index (χ0) is 13.9. The topological polar surface area (TPSA) is 35.4 Å². The number of rotatable bonds is 3. The van der Waals surface area contributed by atoms with Gasteiger partial charge in [0.25, 0.3) is 0 Å². The van der Waals surface area contributed by atoms with Crippen LogP contribution in [-0.4, -0.2) is 16.7 Å². The number of alkyl halides is 2. The summed E-state index contributed by atoms with van der Waals surface area (Å²) < 4.78 is 41.8. The smallest absolute Gasteiger partial charge is 0.248 e. The minimum atomic E-state index is -2.53. The van der Waals surface area contributed by atoms with E-state index >= 15 is 0 Å². The fraction of sp³-hybridized carbons (Fsp3) is 0.500. The summed E-state index contributed by atoms with van der Waals surface area (Å²) in [4.78, 5) is 0.642. The van der Waals surface area contributed by atoms with Crippen molar-refractivity contribution in [2.75, 3.05) is 0 Å². The van der Waals surface area contributed by atoms with E-state index in [4.69, 9.17) is 0 Å². The Morgan fingerprint density at radius 3 is 2.42 bits per heavy atom. The van der Waals surface area contributed by atoms with Crippen molar-refractivity contribution in [2.45, 2.75) is 43.4 Å². The molecule has 1 saturated carbocycles. The van der Waals surface area contributed by atoms with Crippen molar-refractivity contribution >= 4 is 17.6 Å². The highest BCUT2D eigenvalue weighted by molar-refractivity contribution is 7.90. The van der Waals surface area contributed by atoms with Crippen molar-refractivity contribution in [3.05, 3.63) is 29.8 Å². The van der Waals surface area contributed by atoms with Crippen LogP contribution in [0.3, 0.4) is 0 Å². The largest absolute Gasteiger partial charge is 0.586 e. The molecule has 2 nitrogen and oxygen atoms in total. The van der Waals surface area contributed by atoms with E-state index in [-0.39, 0.29) is 18.8 Å². The Bertz CT molecular complexity index is 437. The molecule has 0 N–H and O–H groups in total. The Hall–Kier alpha value is -0.940. The van der Waals surface area contributed by atoms with Crippen molar-refractivity contribution in [3.8, 4) is 0 Å². The van der Waals surface area contributed by atoms with Gasteiger partial charge < -0.3 is 4.55 Å². The molecule has 1 atom stereocenters. The van der Waals surface area contributed by atoms with Gasteiger partial charge in [-0.15, -0.1) is 0 Å². The van der Waals surface area contributed by atoms with Gasteiger partial charge in [0.1, 0.15) is 11.4 Å². The van der Waals surface area contributed by atoms with Crippen molar-refractivity contribution in [1.29, 1.82) is 0 Å². The fourth-order valence-corrected chi connectivity index (χ4v) is 2.84. The first-order valence-electron chi connectivity index (χ1n) is 6.37. The lowest BCUT2D eigenvalue weighted by Gasteiger charge is -2.25. The van der Waals surface area contributed by atoms with Gasteiger partial charge in [-0.3, -0.25) is 0 Å². The Morgan fingerprint density at radius 1 is 1.26 bits per heavy atom. The monoisotopic (exact) mass is 285 g/mol. The second kappa shape index (κ2) is 6.01. The molecule has 104 valence electrons. The molecule has 0 saturated heterocycles. The van der Waals surface area contributed by atoms with Crippen molar-refractivity contribution < 1.29 is 13.3 Å². The molecular formula is C14H17F2NOS. The van der Waals surface area contributed by atoms with Crippen molar-refractivity contribution in [2.24, 2.45) is 10.3 Å². The summed E-state index contributed by atoms with van der Waals surface area (Å²) in [7, 11) is 0. The Balaban J connectivity index is 1.90. The first-order valence-corrected chi connectivity index (χ1v) is 7.47. The Morgan fingerprint density at radius 2 is 1.84 bits per heavy atom. The minimum Gasteiger partial charge on any atom is -0.586 e. The van der Waals surface area contributed by atoms with Gasteiger partial charge in [-0.05, 0) is 37.8 Å². The summed E-state index contributed by atoms with van der Waals surface area (Å²) in [5.74, 6) is -2.51. The SMILES string of the molecule is Cc1ccc([S+]([O-])/N=C/C2CCC(F)(F)CC2)cc1. The van der Waals surface area contributed by atoms with Crippen LogP contribution in [0.15, 0.2) is 33.6 Å². The van der Waals surface area contributed by atoms with E-state index in [0.717, 1.165) is 5.56 Å². The maximum atomic E-state index is 13.0. The maximum Gasteiger partial charge on any atom is 0.248 e. The normalized spacial score (nSPS) is 21.7. The van der Waals surface area contributed by atoms with Gasteiger partial charge in [-0.2, -0.15) is 0 Å². The summed E-state index contributed by atoms with van der Waals surface area (Å²) >= 11 is -1.43. The summed E-state index contributed by atoms with van der Waals surface area (Å²) in [5, 5.41) is 0. The molecule has 1 unspecified atom stereocenters. The van der Waals surface area contributed by atoms with Crippen LogP contribution >= 0.6 is 0 Å². The first-order chi connectivity index (χ1) is 8.96. The Labute approximate surface area is 115 Å². The Kier molecular flexibility index (Phi) is 4.58. The van der Waals surface area contributed by atoms with E-state index < -0.39 is 17.3 Å². The molecule has 0 aliphatic heterocycles. The van der Waals surface area contributed by atoms with Gasteiger partial charge in [-0.25, -0.2) is 8.78 Å². The third kappa shape index (κ3) is 4.28.